The molecule has 0 aromatic carbocycles. The molecule has 0 aliphatic rings. The maximum atomic E-state index is 11.9. The summed E-state index contributed by atoms with van der Waals surface area (Å²) in [5.74, 6) is -0.0887. The molecule has 0 saturated heterocycles. The van der Waals surface area contributed by atoms with Crippen LogP contribution in [0, 0.1) is 5.92 Å². The lowest BCUT2D eigenvalue weighted by molar-refractivity contribution is -0.150. The van der Waals surface area contributed by atoms with E-state index in [-0.39, 0.29) is 11.9 Å². The third kappa shape index (κ3) is 22.3. The van der Waals surface area contributed by atoms with Gasteiger partial charge in [0.1, 0.15) is 6.61 Å². The summed E-state index contributed by atoms with van der Waals surface area (Å²) >= 11 is 0. The summed E-state index contributed by atoms with van der Waals surface area (Å²) in [6.07, 6.45) is 8.80. The zero-order chi connectivity index (χ0) is 22.8. The van der Waals surface area contributed by atoms with Crippen LogP contribution in [0.1, 0.15) is 72.1 Å². The second kappa shape index (κ2) is 25.5. The molecule has 31 heavy (non-hydrogen) atoms. The largest absolute Gasteiger partial charge is 0.463 e. The smallest absolute Gasteiger partial charge is 0.308 e. The van der Waals surface area contributed by atoms with Crippen molar-refractivity contribution in [2.75, 3.05) is 72.7 Å². The van der Waals surface area contributed by atoms with Crippen LogP contribution in [-0.2, 0) is 33.2 Å². The van der Waals surface area contributed by atoms with Gasteiger partial charge in [-0.05, 0) is 19.3 Å². The van der Waals surface area contributed by atoms with Gasteiger partial charge in [-0.15, -0.1) is 0 Å². The van der Waals surface area contributed by atoms with Gasteiger partial charge in [0.05, 0.1) is 65.4 Å². The molecule has 0 aromatic heterocycles. The molecule has 7 heteroatoms. The summed E-state index contributed by atoms with van der Waals surface area (Å²) in [7, 11) is 0. The molecule has 1 unspecified atom stereocenters. The monoisotopic (exact) mass is 448 g/mol. The van der Waals surface area contributed by atoms with Crippen LogP contribution in [-0.4, -0.2) is 78.6 Å². The molecule has 186 valence electrons. The molecule has 0 heterocycles. The molecule has 0 spiro atoms. The van der Waals surface area contributed by atoms with Gasteiger partial charge >= 0.3 is 5.97 Å². The van der Waals surface area contributed by atoms with Crippen molar-refractivity contribution in [2.45, 2.75) is 72.1 Å². The highest BCUT2D eigenvalue weighted by atomic mass is 16.6. The van der Waals surface area contributed by atoms with Crippen molar-refractivity contribution in [3.05, 3.63) is 0 Å². The lowest BCUT2D eigenvalue weighted by Gasteiger charge is -2.13. The quantitative estimate of drug-likeness (QED) is 0.151. The van der Waals surface area contributed by atoms with E-state index in [1.54, 1.807) is 0 Å². The second-order valence-electron chi connectivity index (χ2n) is 7.54. The van der Waals surface area contributed by atoms with E-state index in [0.717, 1.165) is 38.7 Å². The van der Waals surface area contributed by atoms with Crippen LogP contribution in [0.5, 0.6) is 0 Å². The van der Waals surface area contributed by atoms with E-state index >= 15 is 0 Å². The molecular weight excluding hydrogens is 400 g/mol. The first-order valence-electron chi connectivity index (χ1n) is 12.3. The highest BCUT2D eigenvalue weighted by Gasteiger charge is 2.16. The number of carbonyl (C=O) groups is 1. The number of hydrogen-bond acceptors (Lipinski definition) is 7. The van der Waals surface area contributed by atoms with Gasteiger partial charge in [-0.3, -0.25) is 4.79 Å². The summed E-state index contributed by atoms with van der Waals surface area (Å²) in [5.41, 5.74) is 0. The van der Waals surface area contributed by atoms with Gasteiger partial charge in [-0.2, -0.15) is 0 Å². The summed E-state index contributed by atoms with van der Waals surface area (Å²) in [5, 5.41) is 0. The van der Waals surface area contributed by atoms with Gasteiger partial charge in [0.2, 0.25) is 0 Å². The van der Waals surface area contributed by atoms with Crippen LogP contribution < -0.4 is 0 Å². The molecule has 0 aliphatic carbocycles. The van der Waals surface area contributed by atoms with Crippen molar-refractivity contribution in [3.63, 3.8) is 0 Å². The highest BCUT2D eigenvalue weighted by Crippen LogP contribution is 2.14. The second-order valence-corrected chi connectivity index (χ2v) is 7.54. The van der Waals surface area contributed by atoms with Gasteiger partial charge in [-0.25, -0.2) is 0 Å². The van der Waals surface area contributed by atoms with Crippen molar-refractivity contribution in [3.8, 4) is 0 Å². The molecule has 0 amide bonds. The Bertz CT molecular complexity index is 366. The summed E-state index contributed by atoms with van der Waals surface area (Å²) < 4.78 is 32.6. The maximum absolute atomic E-state index is 11.9. The molecular formula is C24H48O7. The van der Waals surface area contributed by atoms with E-state index in [4.69, 9.17) is 28.4 Å². The number of ether oxygens (including phenoxy) is 6. The Labute approximate surface area is 190 Å². The molecule has 0 fully saturated rings. The normalized spacial score (nSPS) is 12.2. The summed E-state index contributed by atoms with van der Waals surface area (Å²) in [4.78, 5) is 11.9. The van der Waals surface area contributed by atoms with E-state index in [9.17, 15) is 4.79 Å². The van der Waals surface area contributed by atoms with E-state index in [1.165, 1.54) is 19.3 Å². The number of carbonyl (C=O) groups excluding carboxylic acids is 1. The van der Waals surface area contributed by atoms with E-state index in [1.807, 2.05) is 6.92 Å². The minimum absolute atomic E-state index is 0.0161. The zero-order valence-corrected chi connectivity index (χ0v) is 20.4. The van der Waals surface area contributed by atoms with Crippen LogP contribution in [0.2, 0.25) is 0 Å². The predicted octanol–water partition coefficient (Wildman–Crippen LogP) is 4.41. The maximum Gasteiger partial charge on any atom is 0.308 e. The van der Waals surface area contributed by atoms with E-state index in [0.29, 0.717) is 66.1 Å². The zero-order valence-electron chi connectivity index (χ0n) is 20.4. The Kier molecular flexibility index (Phi) is 24.9. The number of rotatable bonds is 25. The van der Waals surface area contributed by atoms with Gasteiger partial charge in [0.15, 0.2) is 0 Å². The lowest BCUT2D eigenvalue weighted by Crippen LogP contribution is -2.20. The van der Waals surface area contributed by atoms with Crippen molar-refractivity contribution >= 4 is 5.97 Å². The molecule has 7 nitrogen and oxygen atoms in total. The van der Waals surface area contributed by atoms with Gasteiger partial charge in [0.25, 0.3) is 0 Å². The first-order chi connectivity index (χ1) is 15.3. The van der Waals surface area contributed by atoms with Crippen LogP contribution in [0.4, 0.5) is 0 Å². The van der Waals surface area contributed by atoms with Crippen LogP contribution in [0.15, 0.2) is 0 Å². The van der Waals surface area contributed by atoms with E-state index in [2.05, 4.69) is 13.8 Å². The number of esters is 1. The topological polar surface area (TPSA) is 72.5 Å². The fraction of sp³-hybridized carbons (Fsp3) is 0.958. The fourth-order valence-corrected chi connectivity index (χ4v) is 2.87. The average molecular weight is 449 g/mol. The first-order valence-corrected chi connectivity index (χ1v) is 12.3. The summed E-state index contributed by atoms with van der Waals surface area (Å²) in [6, 6.07) is 0. The Morgan fingerprint density at radius 3 is 1.45 bits per heavy atom. The molecule has 1 atom stereocenters. The van der Waals surface area contributed by atoms with Crippen molar-refractivity contribution in [2.24, 2.45) is 5.92 Å². The lowest BCUT2D eigenvalue weighted by atomic mass is 10.00. The molecule has 0 bridgehead atoms. The first kappa shape index (κ1) is 30.3. The van der Waals surface area contributed by atoms with Crippen molar-refractivity contribution in [1.29, 1.82) is 0 Å². The van der Waals surface area contributed by atoms with Crippen LogP contribution in [0.3, 0.4) is 0 Å². The average Bonchev–Trinajstić information content (AvgIpc) is 2.78. The predicted molar refractivity (Wildman–Crippen MR) is 123 cm³/mol. The highest BCUT2D eigenvalue weighted by molar-refractivity contribution is 5.72. The molecule has 0 radical (unpaired) electrons. The van der Waals surface area contributed by atoms with E-state index < -0.39 is 0 Å². The Balaban J connectivity index is 3.21. The Morgan fingerprint density at radius 1 is 0.548 bits per heavy atom. The van der Waals surface area contributed by atoms with Gasteiger partial charge < -0.3 is 28.4 Å². The number of hydrogen-bond donors (Lipinski definition) is 0. The van der Waals surface area contributed by atoms with Crippen LogP contribution >= 0.6 is 0 Å². The minimum atomic E-state index is -0.105. The molecule has 0 aliphatic heterocycles. The molecule has 0 N–H and O–H groups in total. The van der Waals surface area contributed by atoms with Gasteiger partial charge in [0, 0.05) is 6.61 Å². The Hall–Kier alpha value is -0.730. The molecule has 0 aromatic rings. The van der Waals surface area contributed by atoms with Crippen LogP contribution in [0.25, 0.3) is 0 Å². The third-order valence-corrected chi connectivity index (χ3v) is 4.83. The molecule has 0 rings (SSSR count). The fourth-order valence-electron chi connectivity index (χ4n) is 2.87. The Morgan fingerprint density at radius 2 is 1.00 bits per heavy atom. The minimum Gasteiger partial charge on any atom is -0.463 e. The standard InChI is InChI=1S/C24H48O7/c1-4-7-9-10-12-26-13-14-27-15-16-28-17-18-29-19-20-30-21-22-31-24(25)23(6-3)11-8-5-2/h23H,4-22H2,1-3H3. The number of unbranched alkanes of at least 4 members (excludes halogenated alkanes) is 4. The summed E-state index contributed by atoms with van der Waals surface area (Å²) in [6.45, 7) is 12.3. The molecule has 0 saturated carbocycles. The third-order valence-electron chi connectivity index (χ3n) is 4.83. The van der Waals surface area contributed by atoms with Crippen molar-refractivity contribution in [1.82, 2.24) is 0 Å². The SMILES string of the molecule is CCCCCCOCCOCCOCCOCCOCCOC(=O)C(CC)CCCC. The van der Waals surface area contributed by atoms with Gasteiger partial charge in [-0.1, -0.05) is 52.9 Å². The van der Waals surface area contributed by atoms with Crippen molar-refractivity contribution < 1.29 is 33.2 Å².